The van der Waals surface area contributed by atoms with Gasteiger partial charge in [0.2, 0.25) is 17.8 Å². The van der Waals surface area contributed by atoms with E-state index in [0.717, 1.165) is 0 Å². The molecule has 9 heteroatoms. The summed E-state index contributed by atoms with van der Waals surface area (Å²) in [7, 11) is 0. The van der Waals surface area contributed by atoms with E-state index >= 15 is 0 Å². The number of ether oxygens (including phenoxy) is 1. The predicted molar refractivity (Wildman–Crippen MR) is 71.4 cm³/mol. The van der Waals surface area contributed by atoms with Crippen LogP contribution in [-0.4, -0.2) is 57.3 Å². The van der Waals surface area contributed by atoms with E-state index in [1.807, 2.05) is 0 Å². The molecule has 1 aromatic rings. The van der Waals surface area contributed by atoms with Gasteiger partial charge in [0.25, 0.3) is 0 Å². The van der Waals surface area contributed by atoms with Crippen LogP contribution in [0.25, 0.3) is 0 Å². The molecule has 19 heavy (non-hydrogen) atoms. The Labute approximate surface area is 114 Å². The van der Waals surface area contributed by atoms with E-state index in [9.17, 15) is 4.79 Å². The predicted octanol–water partition coefficient (Wildman–Crippen LogP) is -0.625. The van der Waals surface area contributed by atoms with Crippen molar-refractivity contribution < 1.29 is 9.53 Å². The second-order valence-corrected chi connectivity index (χ2v) is 5.34. The molecule has 1 fully saturated rings. The number of morpholine rings is 1. The summed E-state index contributed by atoms with van der Waals surface area (Å²) >= 11 is 1.22. The van der Waals surface area contributed by atoms with E-state index in [0.29, 0.717) is 31.5 Å². The molecule has 0 spiro atoms. The van der Waals surface area contributed by atoms with Crippen LogP contribution < -0.4 is 11.5 Å². The normalized spacial score (nSPS) is 17.2. The Morgan fingerprint density at radius 3 is 2.42 bits per heavy atom. The number of carbonyl (C=O) groups is 1. The molecular formula is C10H16N6O2S. The van der Waals surface area contributed by atoms with Crippen LogP contribution in [0.15, 0.2) is 5.16 Å². The fraction of sp³-hybridized carbons (Fsp3) is 0.600. The third kappa shape index (κ3) is 3.67. The maximum atomic E-state index is 12.2. The smallest absolute Gasteiger partial charge is 0.236 e. The maximum Gasteiger partial charge on any atom is 0.236 e. The van der Waals surface area contributed by atoms with Gasteiger partial charge in [0, 0.05) is 13.1 Å². The first-order valence-electron chi connectivity index (χ1n) is 5.86. The Morgan fingerprint density at radius 2 is 1.84 bits per heavy atom. The summed E-state index contributed by atoms with van der Waals surface area (Å²) in [5.41, 5.74) is 11.0. The minimum absolute atomic E-state index is 0.0332. The minimum Gasteiger partial charge on any atom is -0.378 e. The van der Waals surface area contributed by atoms with Gasteiger partial charge in [-0.3, -0.25) is 4.79 Å². The van der Waals surface area contributed by atoms with Crippen LogP contribution in [0.2, 0.25) is 0 Å². The molecule has 2 heterocycles. The Balaban J connectivity index is 1.99. The van der Waals surface area contributed by atoms with Crippen LogP contribution in [0.3, 0.4) is 0 Å². The summed E-state index contributed by atoms with van der Waals surface area (Å²) in [4.78, 5) is 25.5. The lowest BCUT2D eigenvalue weighted by molar-refractivity contribution is -0.134. The molecule has 8 nitrogen and oxygen atoms in total. The second kappa shape index (κ2) is 6.02. The summed E-state index contributed by atoms with van der Waals surface area (Å²) in [5.74, 6) is 0.146. The van der Waals surface area contributed by atoms with Crippen molar-refractivity contribution in [2.45, 2.75) is 17.3 Å². The summed E-state index contributed by atoms with van der Waals surface area (Å²) in [6.07, 6.45) is 0. The fourth-order valence-corrected chi connectivity index (χ4v) is 2.55. The van der Waals surface area contributed by atoms with Gasteiger partial charge in [-0.1, -0.05) is 11.8 Å². The average molecular weight is 284 g/mol. The van der Waals surface area contributed by atoms with Crippen LogP contribution in [-0.2, 0) is 9.53 Å². The summed E-state index contributed by atoms with van der Waals surface area (Å²) < 4.78 is 5.21. The molecular weight excluding hydrogens is 268 g/mol. The van der Waals surface area contributed by atoms with E-state index in [-0.39, 0.29) is 23.1 Å². The van der Waals surface area contributed by atoms with Crippen LogP contribution in [0.5, 0.6) is 0 Å². The molecule has 1 amide bonds. The van der Waals surface area contributed by atoms with E-state index in [2.05, 4.69) is 15.0 Å². The van der Waals surface area contributed by atoms with Crippen LogP contribution in [0.4, 0.5) is 11.9 Å². The number of hydrogen-bond acceptors (Lipinski definition) is 8. The van der Waals surface area contributed by atoms with Crippen molar-refractivity contribution in [2.75, 3.05) is 37.8 Å². The monoisotopic (exact) mass is 284 g/mol. The highest BCUT2D eigenvalue weighted by molar-refractivity contribution is 8.00. The van der Waals surface area contributed by atoms with Gasteiger partial charge in [0.15, 0.2) is 5.16 Å². The van der Waals surface area contributed by atoms with Gasteiger partial charge in [-0.15, -0.1) is 0 Å². The topological polar surface area (TPSA) is 120 Å². The molecule has 0 bridgehead atoms. The first kappa shape index (κ1) is 13.8. The Kier molecular flexibility index (Phi) is 4.38. The molecule has 1 aromatic heterocycles. The number of anilines is 2. The van der Waals surface area contributed by atoms with Gasteiger partial charge in [0.05, 0.1) is 18.5 Å². The molecule has 0 radical (unpaired) electrons. The molecule has 1 aliphatic heterocycles. The number of nitrogens with two attached hydrogens (primary N) is 2. The van der Waals surface area contributed by atoms with Crippen molar-refractivity contribution in [3.05, 3.63) is 0 Å². The lowest BCUT2D eigenvalue weighted by Gasteiger charge is -2.28. The zero-order valence-corrected chi connectivity index (χ0v) is 11.4. The first-order valence-corrected chi connectivity index (χ1v) is 6.74. The Bertz CT molecular complexity index is 445. The van der Waals surface area contributed by atoms with Gasteiger partial charge < -0.3 is 21.1 Å². The zero-order chi connectivity index (χ0) is 13.8. The molecule has 1 atom stereocenters. The van der Waals surface area contributed by atoms with Crippen molar-refractivity contribution in [1.29, 1.82) is 0 Å². The van der Waals surface area contributed by atoms with Crippen molar-refractivity contribution in [1.82, 2.24) is 19.9 Å². The third-order valence-electron chi connectivity index (χ3n) is 2.60. The van der Waals surface area contributed by atoms with Crippen molar-refractivity contribution in [3.8, 4) is 0 Å². The van der Waals surface area contributed by atoms with E-state index in [1.54, 1.807) is 11.8 Å². The molecule has 1 saturated heterocycles. The van der Waals surface area contributed by atoms with Crippen LogP contribution in [0, 0.1) is 0 Å². The molecule has 104 valence electrons. The number of amides is 1. The van der Waals surface area contributed by atoms with E-state index < -0.39 is 0 Å². The van der Waals surface area contributed by atoms with Crippen molar-refractivity contribution >= 4 is 29.6 Å². The van der Waals surface area contributed by atoms with Gasteiger partial charge in [-0.05, 0) is 6.92 Å². The molecule has 0 aromatic carbocycles. The van der Waals surface area contributed by atoms with Crippen molar-refractivity contribution in [3.63, 3.8) is 0 Å². The van der Waals surface area contributed by atoms with Gasteiger partial charge in [-0.2, -0.15) is 15.0 Å². The van der Waals surface area contributed by atoms with Crippen molar-refractivity contribution in [2.24, 2.45) is 0 Å². The lowest BCUT2D eigenvalue weighted by Crippen LogP contribution is -2.44. The van der Waals surface area contributed by atoms with Gasteiger partial charge >= 0.3 is 0 Å². The Morgan fingerprint density at radius 1 is 1.26 bits per heavy atom. The first-order chi connectivity index (χ1) is 9.06. The van der Waals surface area contributed by atoms with E-state index in [4.69, 9.17) is 16.2 Å². The molecule has 4 N–H and O–H groups in total. The van der Waals surface area contributed by atoms with Crippen LogP contribution in [0.1, 0.15) is 6.92 Å². The Hall–Kier alpha value is -1.61. The third-order valence-corrected chi connectivity index (χ3v) is 3.55. The summed E-state index contributed by atoms with van der Waals surface area (Å²) in [6.45, 7) is 4.19. The van der Waals surface area contributed by atoms with Gasteiger partial charge in [0.1, 0.15) is 0 Å². The highest BCUT2D eigenvalue weighted by Crippen LogP contribution is 2.22. The molecule has 0 unspecified atom stereocenters. The number of aromatic nitrogens is 3. The number of thioether (sulfide) groups is 1. The number of carbonyl (C=O) groups excluding carboxylic acids is 1. The highest BCUT2D eigenvalue weighted by Gasteiger charge is 2.24. The van der Waals surface area contributed by atoms with Gasteiger partial charge in [-0.25, -0.2) is 0 Å². The number of hydrogen-bond donors (Lipinski definition) is 2. The lowest BCUT2D eigenvalue weighted by atomic mass is 10.3. The molecule has 0 aliphatic carbocycles. The maximum absolute atomic E-state index is 12.2. The largest absolute Gasteiger partial charge is 0.378 e. The minimum atomic E-state index is -0.306. The van der Waals surface area contributed by atoms with Crippen LogP contribution >= 0.6 is 11.8 Å². The summed E-state index contributed by atoms with van der Waals surface area (Å²) in [6, 6.07) is 0. The molecule has 0 saturated carbocycles. The standard InChI is InChI=1S/C10H16N6O2S/c1-6(7(17)16-2-4-18-5-3-16)19-10-14-8(11)13-9(12)15-10/h6H,2-5H2,1H3,(H4,11,12,13,14,15)/t6-/m1/s1. The number of nitrogen functional groups attached to an aromatic ring is 2. The van der Waals surface area contributed by atoms with E-state index in [1.165, 1.54) is 11.8 Å². The number of rotatable bonds is 3. The SMILES string of the molecule is C[C@@H](Sc1nc(N)nc(N)n1)C(=O)N1CCOCC1. The highest BCUT2D eigenvalue weighted by atomic mass is 32.2. The molecule has 2 rings (SSSR count). The second-order valence-electron chi connectivity index (χ2n) is 4.03. The average Bonchev–Trinajstić information content (AvgIpc) is 2.37. The molecule has 1 aliphatic rings. The zero-order valence-electron chi connectivity index (χ0n) is 10.6. The summed E-state index contributed by atoms with van der Waals surface area (Å²) in [5, 5.41) is 0.0541. The quantitative estimate of drug-likeness (QED) is 0.704. The number of nitrogens with zero attached hydrogens (tertiary/aromatic N) is 4. The fourth-order valence-electron chi connectivity index (χ4n) is 1.69.